The summed E-state index contributed by atoms with van der Waals surface area (Å²) in [5.41, 5.74) is 1.35. The molecule has 0 aromatic heterocycles. The van der Waals surface area contributed by atoms with E-state index < -0.39 is 11.4 Å². The van der Waals surface area contributed by atoms with Gasteiger partial charge in [0.05, 0.1) is 11.5 Å². The lowest BCUT2D eigenvalue weighted by atomic mass is 9.32. The molecule has 33 heavy (non-hydrogen) atoms. The molecule has 7 unspecified atom stereocenters. The van der Waals surface area contributed by atoms with Crippen LogP contribution < -0.4 is 0 Å². The van der Waals surface area contributed by atoms with E-state index in [4.69, 9.17) is 0 Å². The number of fused-ring (bicyclic) bond motifs is 7. The van der Waals surface area contributed by atoms with Crippen LogP contribution in [0.25, 0.3) is 0 Å². The molecular formula is C30H48O3. The molecular weight excluding hydrogens is 408 g/mol. The number of carboxylic acid groups (broad SMARTS) is 1. The maximum Gasteiger partial charge on any atom is 0.309 e. The van der Waals surface area contributed by atoms with E-state index in [0.717, 1.165) is 38.5 Å². The quantitative estimate of drug-likeness (QED) is 0.436. The maximum atomic E-state index is 12.8. The third-order valence-corrected chi connectivity index (χ3v) is 13.5. The Labute approximate surface area is 201 Å². The summed E-state index contributed by atoms with van der Waals surface area (Å²) in [5, 5.41) is 21.4. The van der Waals surface area contributed by atoms with Crippen molar-refractivity contribution in [2.24, 2.45) is 56.7 Å². The topological polar surface area (TPSA) is 57.5 Å². The summed E-state index contributed by atoms with van der Waals surface area (Å²) in [7, 11) is 0. The molecule has 0 saturated heterocycles. The van der Waals surface area contributed by atoms with Crippen molar-refractivity contribution in [3.05, 3.63) is 12.2 Å². The van der Waals surface area contributed by atoms with Gasteiger partial charge in [0.25, 0.3) is 0 Å². The number of hydrogen-bond acceptors (Lipinski definition) is 2. The third-order valence-electron chi connectivity index (χ3n) is 13.5. The van der Waals surface area contributed by atoms with Gasteiger partial charge in [-0.25, -0.2) is 0 Å². The molecule has 5 rings (SSSR count). The van der Waals surface area contributed by atoms with Crippen LogP contribution in [0.1, 0.15) is 106 Å². The fraction of sp³-hybridized carbons (Fsp3) is 0.900. The molecule has 3 nitrogen and oxygen atoms in total. The van der Waals surface area contributed by atoms with Crippen molar-refractivity contribution in [2.45, 2.75) is 112 Å². The lowest BCUT2D eigenvalue weighted by Crippen LogP contribution is -2.67. The summed E-state index contributed by atoms with van der Waals surface area (Å²) in [6, 6.07) is 0. The van der Waals surface area contributed by atoms with Crippen LogP contribution in [0, 0.1) is 56.7 Å². The van der Waals surface area contributed by atoms with Gasteiger partial charge in [-0.15, -0.1) is 0 Å². The van der Waals surface area contributed by atoms with Gasteiger partial charge in [-0.2, -0.15) is 0 Å². The van der Waals surface area contributed by atoms with Gasteiger partial charge in [0, 0.05) is 0 Å². The fourth-order valence-corrected chi connectivity index (χ4v) is 11.5. The normalized spacial score (nSPS) is 55.0. The Morgan fingerprint density at radius 2 is 1.52 bits per heavy atom. The molecule has 0 spiro atoms. The summed E-state index contributed by atoms with van der Waals surface area (Å²) in [5.74, 6) is 1.79. The van der Waals surface area contributed by atoms with Crippen molar-refractivity contribution in [3.8, 4) is 0 Å². The average molecular weight is 457 g/mol. The maximum absolute atomic E-state index is 12.8. The Hall–Kier alpha value is -0.830. The van der Waals surface area contributed by atoms with Crippen molar-refractivity contribution in [3.63, 3.8) is 0 Å². The predicted molar refractivity (Wildman–Crippen MR) is 133 cm³/mol. The highest BCUT2D eigenvalue weighted by atomic mass is 16.4. The van der Waals surface area contributed by atoms with Gasteiger partial charge in [0.1, 0.15) is 0 Å². The number of carboxylic acids is 1. The van der Waals surface area contributed by atoms with E-state index in [1.807, 2.05) is 0 Å². The van der Waals surface area contributed by atoms with Crippen LogP contribution in [0.4, 0.5) is 0 Å². The van der Waals surface area contributed by atoms with Gasteiger partial charge < -0.3 is 10.2 Å². The van der Waals surface area contributed by atoms with Gasteiger partial charge in [-0.1, -0.05) is 46.8 Å². The summed E-state index contributed by atoms with van der Waals surface area (Å²) < 4.78 is 0. The molecule has 5 saturated carbocycles. The third kappa shape index (κ3) is 2.75. The van der Waals surface area contributed by atoms with Gasteiger partial charge in [-0.3, -0.25) is 4.79 Å². The van der Waals surface area contributed by atoms with E-state index in [-0.39, 0.29) is 33.7 Å². The zero-order chi connectivity index (χ0) is 24.2. The number of rotatable bonds is 2. The first-order valence-corrected chi connectivity index (χ1v) is 13.8. The van der Waals surface area contributed by atoms with Crippen molar-refractivity contribution < 1.29 is 15.0 Å². The lowest BCUT2D eigenvalue weighted by molar-refractivity contribution is -0.248. The van der Waals surface area contributed by atoms with Crippen LogP contribution in [-0.2, 0) is 4.79 Å². The van der Waals surface area contributed by atoms with E-state index in [1.54, 1.807) is 0 Å². The largest absolute Gasteiger partial charge is 0.481 e. The molecule has 10 atom stereocenters. The van der Waals surface area contributed by atoms with E-state index >= 15 is 0 Å². The van der Waals surface area contributed by atoms with Gasteiger partial charge in [0.2, 0.25) is 0 Å². The summed E-state index contributed by atoms with van der Waals surface area (Å²) in [4.78, 5) is 12.8. The molecule has 0 heterocycles. The molecule has 186 valence electrons. The average Bonchev–Trinajstić information content (AvgIpc) is 3.13. The highest BCUT2D eigenvalue weighted by Gasteiger charge is 2.71. The van der Waals surface area contributed by atoms with E-state index in [0.29, 0.717) is 23.7 Å². The zero-order valence-corrected chi connectivity index (χ0v) is 22.0. The Kier molecular flexibility index (Phi) is 5.15. The Morgan fingerprint density at radius 3 is 2.15 bits per heavy atom. The molecule has 3 heteroatoms. The standard InChI is InChI=1S/C30H48O3/c1-18(2)19-10-15-30(25(32)33)17-16-28(6)20(24(19)30)8-9-22-27(5)13-12-23(31)26(3,4)21(27)11-14-29(22,28)7/h19-24,31H,1,8-17H2,2-7H3,(H,32,33)/t19?,20?,21-,22+,23?,24?,27?,28+,29?,30?/m0/s1. The minimum Gasteiger partial charge on any atom is -0.481 e. The number of aliphatic hydroxyl groups is 1. The highest BCUT2D eigenvalue weighted by Crippen LogP contribution is 2.77. The van der Waals surface area contributed by atoms with Crippen LogP contribution in [0.3, 0.4) is 0 Å². The summed E-state index contributed by atoms with van der Waals surface area (Å²) in [6.07, 6.45) is 10.5. The molecule has 0 amide bonds. The van der Waals surface area contributed by atoms with Crippen molar-refractivity contribution in [1.82, 2.24) is 0 Å². The second-order valence-corrected chi connectivity index (χ2v) is 14.5. The van der Waals surface area contributed by atoms with Crippen molar-refractivity contribution >= 4 is 5.97 Å². The Balaban J connectivity index is 1.57. The zero-order valence-electron chi connectivity index (χ0n) is 22.0. The summed E-state index contributed by atoms with van der Waals surface area (Å²) >= 11 is 0. The second kappa shape index (κ2) is 7.11. The van der Waals surface area contributed by atoms with Crippen LogP contribution in [0.15, 0.2) is 12.2 Å². The molecule has 5 aliphatic carbocycles. The molecule has 0 aliphatic heterocycles. The molecule has 5 aliphatic rings. The van der Waals surface area contributed by atoms with Gasteiger partial charge in [-0.05, 0) is 122 Å². The number of carbonyl (C=O) groups is 1. The van der Waals surface area contributed by atoms with E-state index in [2.05, 4.69) is 48.1 Å². The number of hydrogen-bond donors (Lipinski definition) is 2. The molecule has 5 fully saturated rings. The fourth-order valence-electron chi connectivity index (χ4n) is 11.5. The minimum absolute atomic E-state index is 0.0202. The Morgan fingerprint density at radius 1 is 0.818 bits per heavy atom. The van der Waals surface area contributed by atoms with E-state index in [1.165, 1.54) is 31.3 Å². The van der Waals surface area contributed by atoms with Crippen molar-refractivity contribution in [2.75, 3.05) is 0 Å². The highest BCUT2D eigenvalue weighted by molar-refractivity contribution is 5.76. The van der Waals surface area contributed by atoms with Gasteiger partial charge >= 0.3 is 5.97 Å². The SMILES string of the molecule is C=C(C)C1CCC2(C(=O)O)CC[C@]3(C)C(CC[C@@H]4C5(C)CCC(O)C(C)(C)[C@@H]5CCC43C)C12. The smallest absolute Gasteiger partial charge is 0.309 e. The van der Waals surface area contributed by atoms with Crippen LogP contribution in [0.5, 0.6) is 0 Å². The number of aliphatic carboxylic acids is 1. The van der Waals surface area contributed by atoms with Crippen LogP contribution in [0.2, 0.25) is 0 Å². The molecule has 0 bridgehead atoms. The minimum atomic E-state index is -0.538. The number of allylic oxidation sites excluding steroid dienone is 1. The van der Waals surface area contributed by atoms with Gasteiger partial charge in [0.15, 0.2) is 0 Å². The molecule has 0 aromatic rings. The first-order valence-electron chi connectivity index (χ1n) is 13.8. The summed E-state index contributed by atoms with van der Waals surface area (Å²) in [6.45, 7) is 18.8. The first-order chi connectivity index (χ1) is 15.3. The van der Waals surface area contributed by atoms with Crippen molar-refractivity contribution in [1.29, 1.82) is 0 Å². The van der Waals surface area contributed by atoms with Crippen LogP contribution >= 0.6 is 0 Å². The molecule has 0 radical (unpaired) electrons. The van der Waals surface area contributed by atoms with Crippen LogP contribution in [-0.4, -0.2) is 22.3 Å². The molecule has 2 N–H and O–H groups in total. The molecule has 0 aromatic carbocycles. The first kappa shape index (κ1) is 23.9. The Bertz CT molecular complexity index is 861. The monoisotopic (exact) mass is 456 g/mol. The second-order valence-electron chi connectivity index (χ2n) is 14.5. The lowest BCUT2D eigenvalue weighted by Gasteiger charge is -2.72. The predicted octanol–water partition coefficient (Wildman–Crippen LogP) is 7.09. The van der Waals surface area contributed by atoms with E-state index in [9.17, 15) is 15.0 Å². The number of aliphatic hydroxyl groups excluding tert-OH is 1.